The molecule has 1 unspecified atom stereocenters. The minimum Gasteiger partial charge on any atom is -0.371 e. The van der Waals surface area contributed by atoms with Crippen molar-refractivity contribution >= 4 is 11.5 Å². The van der Waals surface area contributed by atoms with Crippen LogP contribution in [0, 0.1) is 16.0 Å². The van der Waals surface area contributed by atoms with Crippen molar-refractivity contribution in [3.8, 4) is 0 Å². The number of nitro groups is 1. The van der Waals surface area contributed by atoms with Crippen LogP contribution in [0.25, 0.3) is 0 Å². The zero-order valence-corrected chi connectivity index (χ0v) is 11.0. The van der Waals surface area contributed by atoms with E-state index in [2.05, 4.69) is 18.8 Å². The first kappa shape index (κ1) is 14.4. The molecule has 0 saturated heterocycles. The molecule has 0 aliphatic heterocycles. The maximum absolute atomic E-state index is 10.5. The number of anilines is 1. The second-order valence-electron chi connectivity index (χ2n) is 4.75. The zero-order chi connectivity index (χ0) is 13.7. The van der Waals surface area contributed by atoms with Gasteiger partial charge in [-0.05, 0) is 28.3 Å². The summed E-state index contributed by atoms with van der Waals surface area (Å²) in [4.78, 5) is 15.8. The van der Waals surface area contributed by atoms with Crippen molar-refractivity contribution in [1.82, 2.24) is 4.98 Å². The molecule has 1 rings (SSSR count). The molecule has 1 aromatic heterocycles. The summed E-state index contributed by atoms with van der Waals surface area (Å²) < 4.78 is 0. The highest BCUT2D eigenvalue weighted by Gasteiger charge is 2.11. The lowest BCUT2D eigenvalue weighted by molar-refractivity contribution is -0.389. The van der Waals surface area contributed by atoms with Crippen LogP contribution in [0.1, 0.15) is 20.3 Å². The van der Waals surface area contributed by atoms with Crippen molar-refractivity contribution in [2.24, 2.45) is 11.7 Å². The highest BCUT2D eigenvalue weighted by Crippen LogP contribution is 2.15. The highest BCUT2D eigenvalue weighted by atomic mass is 16.6. The van der Waals surface area contributed by atoms with Crippen LogP contribution in [0.3, 0.4) is 0 Å². The Bertz CT molecular complexity index is 392. The van der Waals surface area contributed by atoms with E-state index in [1.807, 2.05) is 11.9 Å². The van der Waals surface area contributed by atoms with Crippen LogP contribution in [0.15, 0.2) is 18.3 Å². The zero-order valence-electron chi connectivity index (χ0n) is 11.0. The average Bonchev–Trinajstić information content (AvgIpc) is 2.35. The van der Waals surface area contributed by atoms with Gasteiger partial charge in [0.15, 0.2) is 6.20 Å². The first-order chi connectivity index (χ1) is 8.41. The molecule has 0 fully saturated rings. The van der Waals surface area contributed by atoms with E-state index >= 15 is 0 Å². The Labute approximate surface area is 107 Å². The summed E-state index contributed by atoms with van der Waals surface area (Å²) in [5.74, 6) is 0.319. The minimum atomic E-state index is -0.502. The predicted molar refractivity (Wildman–Crippen MR) is 71.6 cm³/mol. The number of pyridine rings is 1. The summed E-state index contributed by atoms with van der Waals surface area (Å²) in [6.45, 7) is 5.00. The molecule has 0 amide bonds. The third-order valence-corrected chi connectivity index (χ3v) is 3.01. The maximum Gasteiger partial charge on any atom is 0.363 e. The van der Waals surface area contributed by atoms with Gasteiger partial charge >= 0.3 is 5.82 Å². The van der Waals surface area contributed by atoms with Gasteiger partial charge in [-0.25, -0.2) is 0 Å². The Hall–Kier alpha value is -1.69. The topological polar surface area (TPSA) is 85.3 Å². The molecule has 0 aromatic carbocycles. The van der Waals surface area contributed by atoms with E-state index < -0.39 is 4.92 Å². The first-order valence-corrected chi connectivity index (χ1v) is 5.99. The predicted octanol–water partition coefficient (Wildman–Crippen LogP) is 1.80. The van der Waals surface area contributed by atoms with Crippen LogP contribution in [0.4, 0.5) is 11.5 Å². The van der Waals surface area contributed by atoms with Gasteiger partial charge in [-0.1, -0.05) is 13.8 Å². The second kappa shape index (κ2) is 6.30. The van der Waals surface area contributed by atoms with Crippen molar-refractivity contribution < 1.29 is 4.92 Å². The smallest absolute Gasteiger partial charge is 0.363 e. The molecule has 0 aliphatic carbocycles. The lowest BCUT2D eigenvalue weighted by Gasteiger charge is -2.22. The van der Waals surface area contributed by atoms with Crippen molar-refractivity contribution in [2.45, 2.75) is 26.3 Å². The Kier molecular flexibility index (Phi) is 5.03. The molecule has 0 aliphatic rings. The molecule has 0 bridgehead atoms. The van der Waals surface area contributed by atoms with E-state index in [0.717, 1.165) is 18.7 Å². The molecule has 1 aromatic rings. The van der Waals surface area contributed by atoms with E-state index in [1.54, 1.807) is 6.07 Å². The molecule has 0 radical (unpaired) electrons. The van der Waals surface area contributed by atoms with Crippen LogP contribution in [0.2, 0.25) is 0 Å². The Balaban J connectivity index is 2.56. The van der Waals surface area contributed by atoms with Crippen LogP contribution >= 0.6 is 0 Å². The van der Waals surface area contributed by atoms with Gasteiger partial charge in [-0.2, -0.15) is 0 Å². The van der Waals surface area contributed by atoms with E-state index in [0.29, 0.717) is 5.92 Å². The molecule has 100 valence electrons. The minimum absolute atomic E-state index is 0.133. The fraction of sp³-hybridized carbons (Fsp3) is 0.583. The summed E-state index contributed by atoms with van der Waals surface area (Å²) in [7, 11) is 1.93. The van der Waals surface area contributed by atoms with Gasteiger partial charge < -0.3 is 20.7 Å². The molecular formula is C12H20N4O2. The molecule has 1 heterocycles. The van der Waals surface area contributed by atoms with Crippen molar-refractivity contribution in [2.75, 3.05) is 18.5 Å². The lowest BCUT2D eigenvalue weighted by Crippen LogP contribution is -2.31. The lowest BCUT2D eigenvalue weighted by atomic mass is 10.0. The Morgan fingerprint density at radius 1 is 1.50 bits per heavy atom. The van der Waals surface area contributed by atoms with Gasteiger partial charge in [0.05, 0.1) is 5.69 Å². The normalized spacial score (nSPS) is 12.5. The van der Waals surface area contributed by atoms with Gasteiger partial charge in [-0.15, -0.1) is 0 Å². The molecule has 6 nitrogen and oxygen atoms in total. The highest BCUT2D eigenvalue weighted by molar-refractivity contribution is 5.45. The summed E-state index contributed by atoms with van der Waals surface area (Å²) in [6, 6.07) is 3.28. The number of hydrogen-bond donors (Lipinski definition) is 1. The standard InChI is InChI=1S/C12H20N4O2/c1-9(2)11(13)6-7-15(3)10-4-5-12(14-8-10)16(17)18/h4-5,8-9,11H,6-7,13H2,1-3H3. The third-order valence-electron chi connectivity index (χ3n) is 3.01. The van der Waals surface area contributed by atoms with Crippen LogP contribution < -0.4 is 10.6 Å². The van der Waals surface area contributed by atoms with E-state index in [9.17, 15) is 10.1 Å². The molecule has 18 heavy (non-hydrogen) atoms. The van der Waals surface area contributed by atoms with Crippen LogP contribution in [-0.4, -0.2) is 29.5 Å². The number of aromatic nitrogens is 1. The Morgan fingerprint density at radius 3 is 2.61 bits per heavy atom. The van der Waals surface area contributed by atoms with Crippen LogP contribution in [-0.2, 0) is 0 Å². The van der Waals surface area contributed by atoms with Crippen molar-refractivity contribution in [3.63, 3.8) is 0 Å². The average molecular weight is 252 g/mol. The van der Waals surface area contributed by atoms with Gasteiger partial charge in [0.1, 0.15) is 0 Å². The van der Waals surface area contributed by atoms with E-state index in [1.165, 1.54) is 12.3 Å². The molecule has 0 spiro atoms. The van der Waals surface area contributed by atoms with Crippen LogP contribution in [0.5, 0.6) is 0 Å². The molecule has 6 heteroatoms. The van der Waals surface area contributed by atoms with E-state index in [-0.39, 0.29) is 11.9 Å². The molecule has 1 atom stereocenters. The van der Waals surface area contributed by atoms with Gasteiger partial charge in [0.25, 0.3) is 0 Å². The summed E-state index contributed by atoms with van der Waals surface area (Å²) in [6.07, 6.45) is 2.39. The molecule has 0 saturated carbocycles. The number of rotatable bonds is 6. The van der Waals surface area contributed by atoms with Gasteiger partial charge in [0.2, 0.25) is 0 Å². The quantitative estimate of drug-likeness (QED) is 0.616. The van der Waals surface area contributed by atoms with Crippen molar-refractivity contribution in [3.05, 3.63) is 28.4 Å². The van der Waals surface area contributed by atoms with Gasteiger partial charge in [0, 0.05) is 25.7 Å². The molecule has 2 N–H and O–H groups in total. The van der Waals surface area contributed by atoms with Gasteiger partial charge in [-0.3, -0.25) is 0 Å². The SMILES string of the molecule is CC(C)C(N)CCN(C)c1ccc([N+](=O)[O-])nc1. The fourth-order valence-electron chi connectivity index (χ4n) is 1.52. The number of hydrogen-bond acceptors (Lipinski definition) is 5. The number of nitrogens with two attached hydrogens (primary N) is 1. The fourth-order valence-corrected chi connectivity index (χ4v) is 1.52. The number of nitrogens with zero attached hydrogens (tertiary/aromatic N) is 3. The first-order valence-electron chi connectivity index (χ1n) is 5.99. The summed E-state index contributed by atoms with van der Waals surface area (Å²) in [5, 5.41) is 10.5. The molecular weight excluding hydrogens is 232 g/mol. The van der Waals surface area contributed by atoms with Crippen molar-refractivity contribution in [1.29, 1.82) is 0 Å². The second-order valence-corrected chi connectivity index (χ2v) is 4.75. The monoisotopic (exact) mass is 252 g/mol. The third kappa shape index (κ3) is 3.96. The summed E-state index contributed by atoms with van der Waals surface area (Å²) >= 11 is 0. The largest absolute Gasteiger partial charge is 0.371 e. The summed E-state index contributed by atoms with van der Waals surface area (Å²) in [5.41, 5.74) is 6.83. The van der Waals surface area contributed by atoms with E-state index in [4.69, 9.17) is 5.73 Å². The Morgan fingerprint density at radius 2 is 2.17 bits per heavy atom. The maximum atomic E-state index is 10.5.